The van der Waals surface area contributed by atoms with E-state index in [4.69, 9.17) is 5.73 Å². The first kappa shape index (κ1) is 11.6. The number of nitrogens with one attached hydrogen (secondary N) is 1. The van der Waals surface area contributed by atoms with Crippen molar-refractivity contribution < 1.29 is 0 Å². The molecule has 96 valence electrons. The number of nitrogens with two attached hydrogens (primary N) is 1. The Morgan fingerprint density at radius 2 is 2.11 bits per heavy atom. The SMILES string of the molecule is CN(CC1(CN)CCC1)c1c[nH]c2ccccc12. The molecule has 1 saturated carbocycles. The summed E-state index contributed by atoms with van der Waals surface area (Å²) in [5.41, 5.74) is 8.79. The lowest BCUT2D eigenvalue weighted by Crippen LogP contribution is -2.46. The topological polar surface area (TPSA) is 45.0 Å². The van der Waals surface area contributed by atoms with Gasteiger partial charge in [0, 0.05) is 36.1 Å². The van der Waals surface area contributed by atoms with E-state index in [1.165, 1.54) is 35.9 Å². The van der Waals surface area contributed by atoms with Gasteiger partial charge in [0.2, 0.25) is 0 Å². The molecule has 3 heteroatoms. The molecular weight excluding hydrogens is 222 g/mol. The maximum Gasteiger partial charge on any atom is 0.0621 e. The number of aromatic amines is 1. The second-order valence-electron chi connectivity index (χ2n) is 5.63. The molecule has 18 heavy (non-hydrogen) atoms. The highest BCUT2D eigenvalue weighted by atomic mass is 15.1. The van der Waals surface area contributed by atoms with Crippen LogP contribution in [0.2, 0.25) is 0 Å². The second-order valence-corrected chi connectivity index (χ2v) is 5.63. The van der Waals surface area contributed by atoms with Gasteiger partial charge in [0.25, 0.3) is 0 Å². The Balaban J connectivity index is 1.85. The second kappa shape index (κ2) is 4.32. The summed E-state index contributed by atoms with van der Waals surface area (Å²) in [5.74, 6) is 0. The third-order valence-corrected chi connectivity index (χ3v) is 4.40. The Morgan fingerprint density at radius 1 is 1.33 bits per heavy atom. The van der Waals surface area contributed by atoms with E-state index >= 15 is 0 Å². The Labute approximate surface area is 108 Å². The molecule has 3 rings (SSSR count). The van der Waals surface area contributed by atoms with Gasteiger partial charge < -0.3 is 15.6 Å². The van der Waals surface area contributed by atoms with Crippen LogP contribution < -0.4 is 10.6 Å². The molecule has 3 nitrogen and oxygen atoms in total. The first-order valence-electron chi connectivity index (χ1n) is 6.71. The van der Waals surface area contributed by atoms with Crippen molar-refractivity contribution in [1.29, 1.82) is 0 Å². The third-order valence-electron chi connectivity index (χ3n) is 4.40. The lowest BCUT2D eigenvalue weighted by Gasteiger charge is -2.44. The van der Waals surface area contributed by atoms with Crippen LogP contribution in [0.3, 0.4) is 0 Å². The third kappa shape index (κ3) is 1.79. The smallest absolute Gasteiger partial charge is 0.0621 e. The monoisotopic (exact) mass is 243 g/mol. The van der Waals surface area contributed by atoms with Crippen LogP contribution in [-0.4, -0.2) is 25.1 Å². The lowest BCUT2D eigenvalue weighted by atomic mass is 9.68. The van der Waals surface area contributed by atoms with Gasteiger partial charge in [-0.15, -0.1) is 0 Å². The predicted octanol–water partition coefficient (Wildman–Crippen LogP) is 2.73. The molecule has 1 heterocycles. The van der Waals surface area contributed by atoms with Crippen molar-refractivity contribution in [2.75, 3.05) is 25.0 Å². The maximum absolute atomic E-state index is 5.95. The standard InChI is InChI=1S/C15H21N3/c1-18(11-15(10-16)7-4-8-15)14-9-17-13-6-3-2-5-12(13)14/h2-3,5-6,9,17H,4,7-8,10-11,16H2,1H3. The van der Waals surface area contributed by atoms with Gasteiger partial charge in [-0.05, 0) is 25.5 Å². The minimum absolute atomic E-state index is 0.354. The summed E-state index contributed by atoms with van der Waals surface area (Å²) in [6, 6.07) is 8.45. The Hall–Kier alpha value is -1.48. The fourth-order valence-corrected chi connectivity index (χ4v) is 3.06. The molecule has 0 atom stereocenters. The van der Waals surface area contributed by atoms with E-state index in [9.17, 15) is 0 Å². The highest BCUT2D eigenvalue weighted by Gasteiger charge is 2.36. The first-order valence-corrected chi connectivity index (χ1v) is 6.71. The predicted molar refractivity (Wildman–Crippen MR) is 76.9 cm³/mol. The molecule has 0 bridgehead atoms. The summed E-state index contributed by atoms with van der Waals surface area (Å²) in [4.78, 5) is 5.69. The van der Waals surface area contributed by atoms with Crippen molar-refractivity contribution in [3.8, 4) is 0 Å². The fourth-order valence-electron chi connectivity index (χ4n) is 3.06. The van der Waals surface area contributed by atoms with Crippen molar-refractivity contribution in [2.24, 2.45) is 11.1 Å². The van der Waals surface area contributed by atoms with Crippen molar-refractivity contribution in [3.05, 3.63) is 30.5 Å². The minimum atomic E-state index is 0.354. The molecule has 0 aliphatic heterocycles. The molecule has 1 aromatic carbocycles. The van der Waals surface area contributed by atoms with Crippen LogP contribution in [0, 0.1) is 5.41 Å². The largest absolute Gasteiger partial charge is 0.372 e. The van der Waals surface area contributed by atoms with E-state index < -0.39 is 0 Å². The van der Waals surface area contributed by atoms with Crippen LogP contribution >= 0.6 is 0 Å². The number of nitrogens with zero attached hydrogens (tertiary/aromatic N) is 1. The summed E-state index contributed by atoms with van der Waals surface area (Å²) in [6.07, 6.45) is 5.98. The number of anilines is 1. The number of benzene rings is 1. The van der Waals surface area contributed by atoms with Gasteiger partial charge in [0.1, 0.15) is 0 Å². The number of hydrogen-bond acceptors (Lipinski definition) is 2. The van der Waals surface area contributed by atoms with Crippen LogP contribution in [0.4, 0.5) is 5.69 Å². The van der Waals surface area contributed by atoms with Gasteiger partial charge in [0.15, 0.2) is 0 Å². The van der Waals surface area contributed by atoms with Crippen molar-refractivity contribution in [2.45, 2.75) is 19.3 Å². The molecule has 3 N–H and O–H groups in total. The maximum atomic E-state index is 5.95. The summed E-state index contributed by atoms with van der Waals surface area (Å²) >= 11 is 0. The molecule has 1 fully saturated rings. The van der Waals surface area contributed by atoms with Crippen LogP contribution in [0.5, 0.6) is 0 Å². The Kier molecular flexibility index (Phi) is 2.78. The van der Waals surface area contributed by atoms with E-state index in [1.807, 2.05) is 0 Å². The zero-order valence-electron chi connectivity index (χ0n) is 10.9. The average Bonchev–Trinajstić information content (AvgIpc) is 2.77. The molecule has 0 unspecified atom stereocenters. The van der Waals surface area contributed by atoms with Crippen molar-refractivity contribution in [1.82, 2.24) is 4.98 Å². The van der Waals surface area contributed by atoms with Gasteiger partial charge in [-0.2, -0.15) is 0 Å². The van der Waals surface area contributed by atoms with Crippen molar-refractivity contribution >= 4 is 16.6 Å². The van der Waals surface area contributed by atoms with Crippen molar-refractivity contribution in [3.63, 3.8) is 0 Å². The van der Waals surface area contributed by atoms with Gasteiger partial charge in [-0.25, -0.2) is 0 Å². The number of aromatic nitrogens is 1. The summed E-state index contributed by atoms with van der Waals surface area (Å²) in [6.45, 7) is 1.87. The molecule has 0 spiro atoms. The number of rotatable bonds is 4. The quantitative estimate of drug-likeness (QED) is 0.867. The molecule has 0 radical (unpaired) electrons. The van der Waals surface area contributed by atoms with Crippen LogP contribution in [-0.2, 0) is 0 Å². The van der Waals surface area contributed by atoms with Crippen LogP contribution in [0.15, 0.2) is 30.5 Å². The highest BCUT2D eigenvalue weighted by Crippen LogP contribution is 2.41. The first-order chi connectivity index (χ1) is 8.74. The molecule has 1 aromatic heterocycles. The summed E-state index contributed by atoms with van der Waals surface area (Å²) < 4.78 is 0. The lowest BCUT2D eigenvalue weighted by molar-refractivity contribution is 0.154. The molecule has 1 aliphatic carbocycles. The van der Waals surface area contributed by atoms with Crippen LogP contribution in [0.1, 0.15) is 19.3 Å². The van der Waals surface area contributed by atoms with E-state index in [-0.39, 0.29) is 0 Å². The summed E-state index contributed by atoms with van der Waals surface area (Å²) in [5, 5.41) is 1.30. The van der Waals surface area contributed by atoms with Gasteiger partial charge >= 0.3 is 0 Å². The average molecular weight is 243 g/mol. The van der Waals surface area contributed by atoms with E-state index in [0.717, 1.165) is 13.1 Å². The molecular formula is C15H21N3. The van der Waals surface area contributed by atoms with Gasteiger partial charge in [0.05, 0.1) is 5.69 Å². The number of H-pyrrole nitrogens is 1. The Bertz CT molecular complexity index is 534. The van der Waals surface area contributed by atoms with E-state index in [2.05, 4.69) is 47.4 Å². The van der Waals surface area contributed by atoms with Crippen LogP contribution in [0.25, 0.3) is 10.9 Å². The van der Waals surface area contributed by atoms with Gasteiger partial charge in [-0.3, -0.25) is 0 Å². The minimum Gasteiger partial charge on any atom is -0.372 e. The number of fused-ring (bicyclic) bond motifs is 1. The van der Waals surface area contributed by atoms with Gasteiger partial charge in [-0.1, -0.05) is 24.6 Å². The number of para-hydroxylation sites is 1. The summed E-state index contributed by atoms with van der Waals surface area (Å²) in [7, 11) is 2.17. The molecule has 1 aliphatic rings. The Morgan fingerprint density at radius 3 is 2.78 bits per heavy atom. The molecule has 0 saturated heterocycles. The van der Waals surface area contributed by atoms with E-state index in [0.29, 0.717) is 5.41 Å². The zero-order valence-corrected chi connectivity index (χ0v) is 10.9. The highest BCUT2D eigenvalue weighted by molar-refractivity contribution is 5.92. The molecule has 0 amide bonds. The zero-order chi connectivity index (χ0) is 12.6. The molecule has 2 aromatic rings. The number of hydrogen-bond donors (Lipinski definition) is 2. The van der Waals surface area contributed by atoms with E-state index in [1.54, 1.807) is 0 Å². The normalized spacial score (nSPS) is 17.7. The fraction of sp³-hybridized carbons (Fsp3) is 0.467.